The van der Waals surface area contributed by atoms with Crippen molar-refractivity contribution in [2.45, 2.75) is 13.3 Å². The number of aliphatic carboxylic acids is 1. The number of hydrogen-bond acceptors (Lipinski definition) is 5. The molecule has 1 aromatic rings. The third-order valence-corrected chi connectivity index (χ3v) is 2.74. The number of amides is 1. The molecular weight excluding hydrogens is 280 g/mol. The molecule has 1 amide bonds. The number of nitro groups is 1. The van der Waals surface area contributed by atoms with Gasteiger partial charge in [0.2, 0.25) is 0 Å². The molecule has 8 heteroatoms. The van der Waals surface area contributed by atoms with Crippen LogP contribution in [0.25, 0.3) is 0 Å². The molecule has 0 bridgehead atoms. The summed E-state index contributed by atoms with van der Waals surface area (Å²) in [6, 6.07) is 3.78. The Balaban J connectivity index is 3.23. The summed E-state index contributed by atoms with van der Waals surface area (Å²) in [4.78, 5) is 34.6. The van der Waals surface area contributed by atoms with Gasteiger partial charge in [0, 0.05) is 12.6 Å². The minimum Gasteiger partial charge on any atom is -0.497 e. The van der Waals surface area contributed by atoms with E-state index in [0.29, 0.717) is 6.42 Å². The second-order valence-corrected chi connectivity index (χ2v) is 4.26. The molecule has 0 aromatic heterocycles. The number of nitro benzene ring substituents is 1. The first-order valence-electron chi connectivity index (χ1n) is 6.24. The molecule has 0 heterocycles. The minimum absolute atomic E-state index is 0.186. The number of nitrogens with zero attached hydrogens (tertiary/aromatic N) is 2. The topological polar surface area (TPSA) is 110 Å². The van der Waals surface area contributed by atoms with Gasteiger partial charge in [-0.05, 0) is 18.6 Å². The van der Waals surface area contributed by atoms with E-state index in [-0.39, 0.29) is 23.5 Å². The van der Waals surface area contributed by atoms with Crippen molar-refractivity contribution >= 4 is 17.6 Å². The van der Waals surface area contributed by atoms with E-state index in [1.807, 2.05) is 0 Å². The molecule has 0 spiro atoms. The smallest absolute Gasteiger partial charge is 0.323 e. The standard InChI is InChI=1S/C13H16N2O6/c1-3-6-14(8-12(16)17)13(18)10-7-9(21-2)4-5-11(10)15(19)20/h4-5,7H,3,6,8H2,1-2H3,(H,16,17). The van der Waals surface area contributed by atoms with Gasteiger partial charge in [-0.1, -0.05) is 6.92 Å². The van der Waals surface area contributed by atoms with Crippen molar-refractivity contribution < 1.29 is 24.4 Å². The number of carbonyl (C=O) groups is 2. The van der Waals surface area contributed by atoms with Gasteiger partial charge in [0.15, 0.2) is 0 Å². The molecule has 0 aliphatic carbocycles. The molecule has 1 rings (SSSR count). The first-order chi connectivity index (χ1) is 9.90. The number of methoxy groups -OCH3 is 1. The van der Waals surface area contributed by atoms with Gasteiger partial charge in [0.25, 0.3) is 11.6 Å². The highest BCUT2D eigenvalue weighted by molar-refractivity contribution is 5.99. The number of ether oxygens (including phenoxy) is 1. The Morgan fingerprint density at radius 1 is 1.43 bits per heavy atom. The monoisotopic (exact) mass is 296 g/mol. The van der Waals surface area contributed by atoms with E-state index < -0.39 is 23.3 Å². The quantitative estimate of drug-likeness (QED) is 0.603. The van der Waals surface area contributed by atoms with Crippen LogP contribution in [0.4, 0.5) is 5.69 Å². The van der Waals surface area contributed by atoms with Crippen molar-refractivity contribution in [2.24, 2.45) is 0 Å². The second kappa shape index (κ2) is 7.22. The Morgan fingerprint density at radius 3 is 2.57 bits per heavy atom. The lowest BCUT2D eigenvalue weighted by atomic mass is 10.1. The van der Waals surface area contributed by atoms with E-state index in [1.165, 1.54) is 19.2 Å². The van der Waals surface area contributed by atoms with E-state index in [1.54, 1.807) is 6.92 Å². The van der Waals surface area contributed by atoms with E-state index in [9.17, 15) is 19.7 Å². The lowest BCUT2D eigenvalue weighted by molar-refractivity contribution is -0.385. The van der Waals surface area contributed by atoms with Gasteiger partial charge in [0.05, 0.1) is 12.0 Å². The highest BCUT2D eigenvalue weighted by Gasteiger charge is 2.26. The molecule has 0 aliphatic rings. The van der Waals surface area contributed by atoms with Crippen molar-refractivity contribution in [1.29, 1.82) is 0 Å². The summed E-state index contributed by atoms with van der Waals surface area (Å²) in [5.74, 6) is -1.59. The summed E-state index contributed by atoms with van der Waals surface area (Å²) in [5.41, 5.74) is -0.568. The third kappa shape index (κ3) is 4.16. The van der Waals surface area contributed by atoms with Gasteiger partial charge < -0.3 is 14.7 Å². The van der Waals surface area contributed by atoms with Crippen LogP contribution in [0.2, 0.25) is 0 Å². The molecule has 0 radical (unpaired) electrons. The van der Waals surface area contributed by atoms with Crippen LogP contribution < -0.4 is 4.74 Å². The molecule has 0 aliphatic heterocycles. The summed E-state index contributed by atoms with van der Waals surface area (Å²) in [6.07, 6.45) is 0.538. The molecule has 1 aromatic carbocycles. The Morgan fingerprint density at radius 2 is 2.10 bits per heavy atom. The number of carboxylic acid groups (broad SMARTS) is 1. The van der Waals surface area contributed by atoms with Crippen molar-refractivity contribution in [1.82, 2.24) is 4.90 Å². The lowest BCUT2D eigenvalue weighted by Crippen LogP contribution is -2.36. The van der Waals surface area contributed by atoms with Crippen LogP contribution in [0.5, 0.6) is 5.75 Å². The Hall–Kier alpha value is -2.64. The molecule has 114 valence electrons. The predicted molar refractivity (Wildman–Crippen MR) is 73.5 cm³/mol. The molecule has 0 saturated heterocycles. The van der Waals surface area contributed by atoms with Crippen molar-refractivity contribution in [3.8, 4) is 5.75 Å². The van der Waals surface area contributed by atoms with Crippen LogP contribution >= 0.6 is 0 Å². The van der Waals surface area contributed by atoms with Crippen LogP contribution in [0, 0.1) is 10.1 Å². The van der Waals surface area contributed by atoms with Gasteiger partial charge in [-0.3, -0.25) is 19.7 Å². The first-order valence-corrected chi connectivity index (χ1v) is 6.24. The highest BCUT2D eigenvalue weighted by atomic mass is 16.6. The highest BCUT2D eigenvalue weighted by Crippen LogP contribution is 2.25. The molecule has 1 N–H and O–H groups in total. The van der Waals surface area contributed by atoms with Gasteiger partial charge in [-0.25, -0.2) is 0 Å². The third-order valence-electron chi connectivity index (χ3n) is 2.74. The van der Waals surface area contributed by atoms with Crippen LogP contribution in [0.15, 0.2) is 18.2 Å². The summed E-state index contributed by atoms with van der Waals surface area (Å²) in [7, 11) is 1.37. The van der Waals surface area contributed by atoms with Gasteiger partial charge in [0.1, 0.15) is 17.9 Å². The largest absolute Gasteiger partial charge is 0.497 e. The molecule has 0 atom stereocenters. The lowest BCUT2D eigenvalue weighted by Gasteiger charge is -2.20. The molecule has 21 heavy (non-hydrogen) atoms. The number of hydrogen-bond donors (Lipinski definition) is 1. The van der Waals surface area contributed by atoms with Gasteiger partial charge >= 0.3 is 5.97 Å². The van der Waals surface area contributed by atoms with E-state index in [2.05, 4.69) is 0 Å². The van der Waals surface area contributed by atoms with Crippen LogP contribution in [-0.2, 0) is 4.79 Å². The molecule has 0 unspecified atom stereocenters. The zero-order valence-electron chi connectivity index (χ0n) is 11.7. The molecule has 0 fully saturated rings. The number of benzene rings is 1. The van der Waals surface area contributed by atoms with Crippen LogP contribution in [0.3, 0.4) is 0 Å². The number of carbonyl (C=O) groups excluding carboxylic acids is 1. The maximum absolute atomic E-state index is 12.4. The average molecular weight is 296 g/mol. The summed E-state index contributed by atoms with van der Waals surface area (Å²) >= 11 is 0. The maximum atomic E-state index is 12.4. The van der Waals surface area contributed by atoms with Crippen molar-refractivity contribution in [3.05, 3.63) is 33.9 Å². The normalized spacial score (nSPS) is 10.0. The average Bonchev–Trinajstić information content (AvgIpc) is 2.44. The minimum atomic E-state index is -1.18. The zero-order valence-corrected chi connectivity index (χ0v) is 11.7. The fourth-order valence-electron chi connectivity index (χ4n) is 1.83. The number of carboxylic acids is 1. The molecule has 0 saturated carbocycles. The van der Waals surface area contributed by atoms with Crippen molar-refractivity contribution in [2.75, 3.05) is 20.2 Å². The predicted octanol–water partition coefficient (Wildman–Crippen LogP) is 1.54. The Labute approximate surface area is 121 Å². The summed E-state index contributed by atoms with van der Waals surface area (Å²) in [6.45, 7) is 1.46. The molecular formula is C13H16N2O6. The summed E-state index contributed by atoms with van der Waals surface area (Å²) < 4.78 is 4.95. The second-order valence-electron chi connectivity index (χ2n) is 4.26. The van der Waals surface area contributed by atoms with Crippen LogP contribution in [-0.4, -0.2) is 47.0 Å². The van der Waals surface area contributed by atoms with Gasteiger partial charge in [-0.15, -0.1) is 0 Å². The Bertz CT molecular complexity index is 558. The van der Waals surface area contributed by atoms with Crippen molar-refractivity contribution in [3.63, 3.8) is 0 Å². The van der Waals surface area contributed by atoms with Gasteiger partial charge in [-0.2, -0.15) is 0 Å². The van der Waals surface area contributed by atoms with Crippen LogP contribution in [0.1, 0.15) is 23.7 Å². The fourth-order valence-corrected chi connectivity index (χ4v) is 1.83. The number of rotatable bonds is 7. The maximum Gasteiger partial charge on any atom is 0.323 e. The first kappa shape index (κ1) is 16.4. The zero-order chi connectivity index (χ0) is 16.0. The molecule has 8 nitrogen and oxygen atoms in total. The fraction of sp³-hybridized carbons (Fsp3) is 0.385. The Kier molecular flexibility index (Phi) is 5.65. The van der Waals surface area contributed by atoms with E-state index in [4.69, 9.17) is 9.84 Å². The SMILES string of the molecule is CCCN(CC(=O)O)C(=O)c1cc(OC)ccc1[N+](=O)[O-]. The van der Waals surface area contributed by atoms with E-state index in [0.717, 1.165) is 11.0 Å². The summed E-state index contributed by atoms with van der Waals surface area (Å²) in [5, 5.41) is 19.8. The van der Waals surface area contributed by atoms with E-state index >= 15 is 0 Å².